The molecule has 0 radical (unpaired) electrons. The molecule has 2 aromatic rings. The van der Waals surface area contributed by atoms with E-state index in [1.54, 1.807) is 12.4 Å². The van der Waals surface area contributed by atoms with E-state index < -0.39 is 0 Å². The summed E-state index contributed by atoms with van der Waals surface area (Å²) in [6.07, 6.45) is 4.60. The van der Waals surface area contributed by atoms with Crippen molar-refractivity contribution < 1.29 is 4.39 Å². The van der Waals surface area contributed by atoms with Gasteiger partial charge in [-0.2, -0.15) is 5.10 Å². The van der Waals surface area contributed by atoms with E-state index in [-0.39, 0.29) is 11.9 Å². The lowest BCUT2D eigenvalue weighted by molar-refractivity contribution is 0.554. The van der Waals surface area contributed by atoms with Gasteiger partial charge in [0, 0.05) is 12.7 Å². The number of halogens is 2. The van der Waals surface area contributed by atoms with Gasteiger partial charge in [0.25, 0.3) is 0 Å². The molecule has 1 atom stereocenters. The molecule has 0 saturated heterocycles. The Morgan fingerprint density at radius 1 is 1.44 bits per heavy atom. The van der Waals surface area contributed by atoms with E-state index in [1.165, 1.54) is 12.3 Å². The fraction of sp³-hybridized carbons (Fsp3) is 0.333. The minimum absolute atomic E-state index is 0.148. The van der Waals surface area contributed by atoms with Gasteiger partial charge in [0.2, 0.25) is 0 Å². The number of aromatic nitrogens is 3. The molecule has 0 aromatic carbocycles. The highest BCUT2D eigenvalue weighted by molar-refractivity contribution is 9.10. The quantitative estimate of drug-likeness (QED) is 0.943. The predicted molar refractivity (Wildman–Crippen MR) is 70.7 cm³/mol. The number of nitrogens with one attached hydrogen (secondary N) is 1. The molecular formula is C12H14BrFN4. The Balaban J connectivity index is 2.48. The van der Waals surface area contributed by atoms with Gasteiger partial charge in [0.15, 0.2) is 0 Å². The van der Waals surface area contributed by atoms with Gasteiger partial charge in [-0.05, 0) is 41.5 Å². The van der Waals surface area contributed by atoms with Gasteiger partial charge in [-0.15, -0.1) is 0 Å². The maximum Gasteiger partial charge on any atom is 0.141 e. The molecule has 4 nitrogen and oxygen atoms in total. The molecule has 0 aliphatic heterocycles. The minimum Gasteiger partial charge on any atom is -0.308 e. The van der Waals surface area contributed by atoms with Crippen LogP contribution in [0.2, 0.25) is 0 Å². The summed E-state index contributed by atoms with van der Waals surface area (Å²) >= 11 is 3.48. The van der Waals surface area contributed by atoms with E-state index in [2.05, 4.69) is 31.3 Å². The highest BCUT2D eigenvalue weighted by atomic mass is 79.9. The molecule has 0 aliphatic rings. The van der Waals surface area contributed by atoms with Crippen LogP contribution in [-0.2, 0) is 6.54 Å². The maximum atomic E-state index is 13.3. The monoisotopic (exact) mass is 312 g/mol. The first-order valence-corrected chi connectivity index (χ1v) is 6.45. The van der Waals surface area contributed by atoms with E-state index >= 15 is 0 Å². The molecule has 6 heteroatoms. The molecule has 0 saturated carbocycles. The van der Waals surface area contributed by atoms with Crippen LogP contribution in [0.1, 0.15) is 24.2 Å². The van der Waals surface area contributed by atoms with Crippen LogP contribution in [0.5, 0.6) is 0 Å². The Hall–Kier alpha value is -1.27. The first-order chi connectivity index (χ1) is 8.67. The highest BCUT2D eigenvalue weighted by Crippen LogP contribution is 2.28. The van der Waals surface area contributed by atoms with Crippen molar-refractivity contribution in [2.45, 2.75) is 19.5 Å². The molecule has 96 valence electrons. The lowest BCUT2D eigenvalue weighted by Crippen LogP contribution is -2.22. The molecule has 0 fully saturated rings. The minimum atomic E-state index is -0.341. The standard InChI is InChI=1S/C12H14BrFN4/c1-3-18-12(10(13)7-17-18)11(15-2)8-4-9(14)6-16-5-8/h4-7,11,15H,3H2,1-2H3. The Morgan fingerprint density at radius 2 is 2.22 bits per heavy atom. The summed E-state index contributed by atoms with van der Waals surface area (Å²) < 4.78 is 16.0. The van der Waals surface area contributed by atoms with E-state index in [1.807, 2.05) is 18.7 Å². The first kappa shape index (κ1) is 13.2. The second kappa shape index (κ2) is 5.58. The van der Waals surface area contributed by atoms with Gasteiger partial charge < -0.3 is 5.32 Å². The Bertz CT molecular complexity index is 541. The van der Waals surface area contributed by atoms with Crippen LogP contribution in [0.25, 0.3) is 0 Å². The highest BCUT2D eigenvalue weighted by Gasteiger charge is 2.20. The van der Waals surface area contributed by atoms with Crippen molar-refractivity contribution in [2.24, 2.45) is 0 Å². The lowest BCUT2D eigenvalue weighted by Gasteiger charge is -2.18. The number of hydrogen-bond donors (Lipinski definition) is 1. The second-order valence-electron chi connectivity index (χ2n) is 3.85. The third kappa shape index (κ3) is 2.44. The topological polar surface area (TPSA) is 42.7 Å². The molecule has 2 aromatic heterocycles. The largest absolute Gasteiger partial charge is 0.308 e. The zero-order valence-electron chi connectivity index (χ0n) is 10.2. The van der Waals surface area contributed by atoms with Crippen LogP contribution >= 0.6 is 15.9 Å². The van der Waals surface area contributed by atoms with Crippen molar-refractivity contribution in [3.05, 3.63) is 46.2 Å². The maximum absolute atomic E-state index is 13.3. The van der Waals surface area contributed by atoms with Crippen molar-refractivity contribution in [1.29, 1.82) is 0 Å². The van der Waals surface area contributed by atoms with Gasteiger partial charge in [0.05, 0.1) is 28.6 Å². The van der Waals surface area contributed by atoms with Crippen LogP contribution in [0.3, 0.4) is 0 Å². The van der Waals surface area contributed by atoms with Crippen molar-refractivity contribution in [3.8, 4) is 0 Å². The summed E-state index contributed by atoms with van der Waals surface area (Å²) in [5.74, 6) is -0.341. The zero-order chi connectivity index (χ0) is 13.1. The SMILES string of the molecule is CCn1ncc(Br)c1C(NC)c1cncc(F)c1. The summed E-state index contributed by atoms with van der Waals surface area (Å²) in [6, 6.07) is 1.33. The van der Waals surface area contributed by atoms with Crippen LogP contribution in [0, 0.1) is 5.82 Å². The number of hydrogen-bond acceptors (Lipinski definition) is 3. The van der Waals surface area contributed by atoms with Gasteiger partial charge in [-0.3, -0.25) is 9.67 Å². The molecule has 18 heavy (non-hydrogen) atoms. The van der Waals surface area contributed by atoms with Crippen LogP contribution < -0.4 is 5.32 Å². The number of aryl methyl sites for hydroxylation is 1. The third-order valence-corrected chi connectivity index (χ3v) is 3.37. The first-order valence-electron chi connectivity index (χ1n) is 5.66. The normalized spacial score (nSPS) is 12.7. The van der Waals surface area contributed by atoms with Gasteiger partial charge in [-0.1, -0.05) is 0 Å². The smallest absolute Gasteiger partial charge is 0.141 e. The Morgan fingerprint density at radius 3 is 2.83 bits per heavy atom. The molecule has 0 spiro atoms. The van der Waals surface area contributed by atoms with Crippen LogP contribution in [0.4, 0.5) is 4.39 Å². The van der Waals surface area contributed by atoms with E-state index in [9.17, 15) is 4.39 Å². The fourth-order valence-electron chi connectivity index (χ4n) is 1.96. The van der Waals surface area contributed by atoms with E-state index in [0.29, 0.717) is 0 Å². The fourth-order valence-corrected chi connectivity index (χ4v) is 2.48. The molecule has 2 heterocycles. The zero-order valence-corrected chi connectivity index (χ0v) is 11.8. The summed E-state index contributed by atoms with van der Waals surface area (Å²) in [5, 5.41) is 7.43. The van der Waals surface area contributed by atoms with Crippen molar-refractivity contribution in [3.63, 3.8) is 0 Å². The van der Waals surface area contributed by atoms with Crippen LogP contribution in [0.15, 0.2) is 29.1 Å². The Kier molecular flexibility index (Phi) is 4.08. The number of nitrogens with zero attached hydrogens (tertiary/aromatic N) is 3. The molecule has 0 aliphatic carbocycles. The number of rotatable bonds is 4. The van der Waals surface area contributed by atoms with Gasteiger partial charge >= 0.3 is 0 Å². The number of pyridine rings is 1. The molecular weight excluding hydrogens is 299 g/mol. The summed E-state index contributed by atoms with van der Waals surface area (Å²) in [7, 11) is 1.83. The summed E-state index contributed by atoms with van der Waals surface area (Å²) in [5.41, 5.74) is 1.74. The third-order valence-electron chi connectivity index (χ3n) is 2.75. The lowest BCUT2D eigenvalue weighted by atomic mass is 10.1. The van der Waals surface area contributed by atoms with Gasteiger partial charge in [-0.25, -0.2) is 4.39 Å². The van der Waals surface area contributed by atoms with Crippen molar-refractivity contribution in [1.82, 2.24) is 20.1 Å². The second-order valence-corrected chi connectivity index (χ2v) is 4.71. The van der Waals surface area contributed by atoms with E-state index in [0.717, 1.165) is 22.3 Å². The van der Waals surface area contributed by atoms with Gasteiger partial charge in [0.1, 0.15) is 5.82 Å². The molecule has 1 N–H and O–H groups in total. The molecule has 2 rings (SSSR count). The summed E-state index contributed by atoms with van der Waals surface area (Å²) in [6.45, 7) is 2.77. The van der Waals surface area contributed by atoms with E-state index in [4.69, 9.17) is 0 Å². The molecule has 0 bridgehead atoms. The van der Waals surface area contributed by atoms with Crippen molar-refractivity contribution in [2.75, 3.05) is 7.05 Å². The Labute approximate surface area is 113 Å². The van der Waals surface area contributed by atoms with Crippen molar-refractivity contribution >= 4 is 15.9 Å². The molecule has 0 amide bonds. The van der Waals surface area contributed by atoms with Crippen LogP contribution in [-0.4, -0.2) is 21.8 Å². The predicted octanol–water partition coefficient (Wildman–Crippen LogP) is 2.51. The summed E-state index contributed by atoms with van der Waals surface area (Å²) in [4.78, 5) is 3.89. The average molecular weight is 313 g/mol. The average Bonchev–Trinajstić information content (AvgIpc) is 2.72. The molecule has 1 unspecified atom stereocenters.